The monoisotopic (exact) mass is 422 g/mol. The third-order valence-corrected chi connectivity index (χ3v) is 6.39. The first kappa shape index (κ1) is 21.7. The van der Waals surface area contributed by atoms with Crippen molar-refractivity contribution in [3.8, 4) is 5.75 Å². The molecule has 0 bridgehead atoms. The minimum Gasteiger partial charge on any atom is -0.497 e. The Kier molecular flexibility index (Phi) is 7.10. The zero-order valence-corrected chi connectivity index (χ0v) is 18.8. The fraction of sp³-hybridized carbons (Fsp3) is 0.480. The molecular formula is C25H34N4O2. The zero-order chi connectivity index (χ0) is 21.6. The molecule has 6 nitrogen and oxygen atoms in total. The second kappa shape index (κ2) is 10.2. The van der Waals surface area contributed by atoms with Gasteiger partial charge in [0.2, 0.25) is 5.91 Å². The van der Waals surface area contributed by atoms with E-state index in [1.54, 1.807) is 7.11 Å². The number of anilines is 1. The van der Waals surface area contributed by atoms with Crippen molar-refractivity contribution in [2.45, 2.75) is 13.5 Å². The molecule has 6 heteroatoms. The van der Waals surface area contributed by atoms with Gasteiger partial charge in [-0.05, 0) is 42.3 Å². The molecule has 166 valence electrons. The van der Waals surface area contributed by atoms with E-state index >= 15 is 0 Å². The van der Waals surface area contributed by atoms with E-state index in [4.69, 9.17) is 4.74 Å². The molecule has 4 rings (SSSR count). The Bertz CT molecular complexity index is 854. The van der Waals surface area contributed by atoms with E-state index in [0.29, 0.717) is 6.54 Å². The number of aryl methyl sites for hydroxylation is 1. The highest BCUT2D eigenvalue weighted by molar-refractivity contribution is 5.78. The summed E-state index contributed by atoms with van der Waals surface area (Å²) < 4.78 is 5.23. The van der Waals surface area contributed by atoms with E-state index in [2.05, 4.69) is 58.0 Å². The maximum absolute atomic E-state index is 12.8. The van der Waals surface area contributed by atoms with Crippen LogP contribution in [0.1, 0.15) is 11.1 Å². The lowest BCUT2D eigenvalue weighted by atomic mass is 10.2. The van der Waals surface area contributed by atoms with Crippen molar-refractivity contribution in [3.63, 3.8) is 0 Å². The minimum atomic E-state index is 0.271. The Hall–Kier alpha value is -2.57. The van der Waals surface area contributed by atoms with Crippen LogP contribution in [0.15, 0.2) is 48.5 Å². The Morgan fingerprint density at radius 3 is 2.19 bits per heavy atom. The van der Waals surface area contributed by atoms with Gasteiger partial charge in [0.05, 0.1) is 13.7 Å². The second-order valence-corrected chi connectivity index (χ2v) is 8.61. The highest BCUT2D eigenvalue weighted by Crippen LogP contribution is 2.18. The molecular weight excluding hydrogens is 388 g/mol. The number of benzene rings is 2. The molecule has 2 aromatic rings. The standard InChI is InChI=1S/C25H34N4O2/c1-21-4-3-5-23(18-21)28-14-10-27(11-15-28)20-25(30)29-16-12-26(13-17-29)19-22-6-8-24(31-2)9-7-22/h3-9,18H,10-17,19-20H2,1-2H3. The fourth-order valence-corrected chi connectivity index (χ4v) is 4.42. The van der Waals surface area contributed by atoms with Gasteiger partial charge in [-0.2, -0.15) is 0 Å². The topological polar surface area (TPSA) is 39.3 Å². The Balaban J connectivity index is 1.19. The Labute approximate surface area is 186 Å². The molecule has 0 saturated carbocycles. The van der Waals surface area contributed by atoms with Crippen LogP contribution in [0.5, 0.6) is 5.75 Å². The van der Waals surface area contributed by atoms with E-state index in [1.165, 1.54) is 16.8 Å². The van der Waals surface area contributed by atoms with Crippen molar-refractivity contribution in [2.75, 3.05) is 70.9 Å². The molecule has 0 spiro atoms. The first-order valence-electron chi connectivity index (χ1n) is 11.3. The van der Waals surface area contributed by atoms with Gasteiger partial charge in [0, 0.05) is 64.6 Å². The van der Waals surface area contributed by atoms with Crippen LogP contribution in [0.3, 0.4) is 0 Å². The summed E-state index contributed by atoms with van der Waals surface area (Å²) in [5.74, 6) is 1.16. The maximum atomic E-state index is 12.8. The van der Waals surface area contributed by atoms with Crippen LogP contribution in [0.25, 0.3) is 0 Å². The Morgan fingerprint density at radius 2 is 1.55 bits per heavy atom. The molecule has 0 N–H and O–H groups in total. The van der Waals surface area contributed by atoms with Gasteiger partial charge in [-0.3, -0.25) is 14.6 Å². The molecule has 0 aliphatic carbocycles. The molecule has 2 aliphatic heterocycles. The van der Waals surface area contributed by atoms with Crippen LogP contribution in [0.4, 0.5) is 5.69 Å². The third-order valence-electron chi connectivity index (χ3n) is 6.39. The molecule has 0 aromatic heterocycles. The number of hydrogen-bond acceptors (Lipinski definition) is 5. The molecule has 2 aliphatic rings. The average Bonchev–Trinajstić information content (AvgIpc) is 2.80. The molecule has 0 radical (unpaired) electrons. The van der Waals surface area contributed by atoms with Gasteiger partial charge in [0.1, 0.15) is 5.75 Å². The maximum Gasteiger partial charge on any atom is 0.236 e. The van der Waals surface area contributed by atoms with Gasteiger partial charge in [-0.25, -0.2) is 0 Å². The number of hydrogen-bond donors (Lipinski definition) is 0. The molecule has 1 amide bonds. The predicted molar refractivity (Wildman–Crippen MR) is 125 cm³/mol. The molecule has 2 saturated heterocycles. The van der Waals surface area contributed by atoms with Gasteiger partial charge in [0.25, 0.3) is 0 Å². The van der Waals surface area contributed by atoms with E-state index in [9.17, 15) is 4.79 Å². The number of ether oxygens (including phenoxy) is 1. The predicted octanol–water partition coefficient (Wildman–Crippen LogP) is 2.47. The first-order valence-corrected chi connectivity index (χ1v) is 11.3. The summed E-state index contributed by atoms with van der Waals surface area (Å²) in [7, 11) is 1.69. The SMILES string of the molecule is COc1ccc(CN2CCN(C(=O)CN3CCN(c4cccc(C)c4)CC3)CC2)cc1. The quantitative estimate of drug-likeness (QED) is 0.715. The third kappa shape index (κ3) is 5.77. The van der Waals surface area contributed by atoms with Crippen molar-refractivity contribution >= 4 is 11.6 Å². The molecule has 0 unspecified atom stereocenters. The van der Waals surface area contributed by atoms with Crippen molar-refractivity contribution in [3.05, 3.63) is 59.7 Å². The summed E-state index contributed by atoms with van der Waals surface area (Å²) in [6.07, 6.45) is 0. The van der Waals surface area contributed by atoms with E-state index < -0.39 is 0 Å². The lowest BCUT2D eigenvalue weighted by Gasteiger charge is -2.38. The van der Waals surface area contributed by atoms with Crippen molar-refractivity contribution in [1.29, 1.82) is 0 Å². The van der Waals surface area contributed by atoms with Crippen LogP contribution in [0.2, 0.25) is 0 Å². The largest absolute Gasteiger partial charge is 0.497 e. The number of carbonyl (C=O) groups excluding carboxylic acids is 1. The molecule has 2 aromatic carbocycles. The zero-order valence-electron chi connectivity index (χ0n) is 18.8. The van der Waals surface area contributed by atoms with Crippen LogP contribution in [-0.2, 0) is 11.3 Å². The second-order valence-electron chi connectivity index (χ2n) is 8.61. The minimum absolute atomic E-state index is 0.271. The van der Waals surface area contributed by atoms with E-state index in [0.717, 1.165) is 64.7 Å². The normalized spacial score (nSPS) is 18.3. The number of rotatable bonds is 6. The highest BCUT2D eigenvalue weighted by Gasteiger charge is 2.25. The van der Waals surface area contributed by atoms with Gasteiger partial charge in [-0.15, -0.1) is 0 Å². The first-order chi connectivity index (χ1) is 15.1. The Morgan fingerprint density at radius 1 is 0.871 bits per heavy atom. The average molecular weight is 423 g/mol. The lowest BCUT2D eigenvalue weighted by Crippen LogP contribution is -2.53. The molecule has 31 heavy (non-hydrogen) atoms. The number of nitrogens with zero attached hydrogens (tertiary/aromatic N) is 4. The van der Waals surface area contributed by atoms with Gasteiger partial charge in [-0.1, -0.05) is 24.3 Å². The summed E-state index contributed by atoms with van der Waals surface area (Å²) in [5.41, 5.74) is 3.87. The number of carbonyl (C=O) groups is 1. The molecule has 2 heterocycles. The molecule has 2 fully saturated rings. The lowest BCUT2D eigenvalue weighted by molar-refractivity contribution is -0.134. The van der Waals surface area contributed by atoms with Crippen molar-refractivity contribution in [2.24, 2.45) is 0 Å². The summed E-state index contributed by atoms with van der Waals surface area (Å²) in [5, 5.41) is 0. The number of methoxy groups -OCH3 is 1. The smallest absolute Gasteiger partial charge is 0.236 e. The van der Waals surface area contributed by atoms with Gasteiger partial charge >= 0.3 is 0 Å². The van der Waals surface area contributed by atoms with Gasteiger partial charge in [0.15, 0.2) is 0 Å². The van der Waals surface area contributed by atoms with E-state index in [-0.39, 0.29) is 5.91 Å². The molecule has 0 atom stereocenters. The summed E-state index contributed by atoms with van der Waals surface area (Å²) >= 11 is 0. The highest BCUT2D eigenvalue weighted by atomic mass is 16.5. The van der Waals surface area contributed by atoms with Gasteiger partial charge < -0.3 is 14.5 Å². The van der Waals surface area contributed by atoms with Crippen LogP contribution in [-0.4, -0.2) is 86.6 Å². The summed E-state index contributed by atoms with van der Waals surface area (Å²) in [6, 6.07) is 16.9. The number of amides is 1. The number of piperazine rings is 2. The summed E-state index contributed by atoms with van der Waals surface area (Å²) in [6.45, 7) is 10.9. The fourth-order valence-electron chi connectivity index (χ4n) is 4.42. The summed E-state index contributed by atoms with van der Waals surface area (Å²) in [4.78, 5) is 22.0. The van der Waals surface area contributed by atoms with Crippen LogP contribution >= 0.6 is 0 Å². The van der Waals surface area contributed by atoms with E-state index in [1.807, 2.05) is 17.0 Å². The van der Waals surface area contributed by atoms with Crippen LogP contribution in [0, 0.1) is 6.92 Å². The van der Waals surface area contributed by atoms with Crippen LogP contribution < -0.4 is 9.64 Å². The van der Waals surface area contributed by atoms with Crippen molar-refractivity contribution < 1.29 is 9.53 Å². The van der Waals surface area contributed by atoms with Crippen molar-refractivity contribution in [1.82, 2.24) is 14.7 Å².